The Labute approximate surface area is 126 Å². The molecule has 0 bridgehead atoms. The number of hydrogen-bond donors (Lipinski definition) is 3. The minimum absolute atomic E-state index is 0.242. The predicted octanol–water partition coefficient (Wildman–Crippen LogP) is 1.88. The summed E-state index contributed by atoms with van der Waals surface area (Å²) in [7, 11) is 0. The third-order valence-electron chi connectivity index (χ3n) is 3.49. The van der Waals surface area contributed by atoms with Crippen molar-refractivity contribution in [2.75, 3.05) is 11.1 Å². The molecule has 3 heterocycles. The average Bonchev–Trinajstić information content (AvgIpc) is 3.15. The number of fused-ring (bicyclic) bond motifs is 1. The molecule has 1 aromatic carbocycles. The number of benzene rings is 1. The molecule has 7 nitrogen and oxygen atoms in total. The lowest BCUT2D eigenvalue weighted by Gasteiger charge is -2.08. The van der Waals surface area contributed by atoms with Gasteiger partial charge in [-0.25, -0.2) is 4.98 Å². The van der Waals surface area contributed by atoms with Crippen LogP contribution in [-0.2, 0) is 6.54 Å². The summed E-state index contributed by atoms with van der Waals surface area (Å²) >= 11 is 0. The Morgan fingerprint density at radius 2 is 2.18 bits per heavy atom. The van der Waals surface area contributed by atoms with Crippen LogP contribution in [-0.4, -0.2) is 25.9 Å². The number of H-pyrrole nitrogens is 1. The highest BCUT2D eigenvalue weighted by molar-refractivity contribution is 6.15. The third kappa shape index (κ3) is 2.18. The van der Waals surface area contributed by atoms with Crippen LogP contribution in [0.25, 0.3) is 0 Å². The minimum Gasteiger partial charge on any atom is -0.368 e. The van der Waals surface area contributed by atoms with E-state index in [0.29, 0.717) is 12.4 Å². The molecule has 4 rings (SSSR count). The van der Waals surface area contributed by atoms with E-state index >= 15 is 0 Å². The molecule has 0 saturated heterocycles. The fraction of sp³-hybridized carbons (Fsp3) is 0.0667. The van der Waals surface area contributed by atoms with Gasteiger partial charge in [0.05, 0.1) is 18.5 Å². The molecule has 1 aliphatic rings. The number of hydrogen-bond acceptors (Lipinski definition) is 6. The summed E-state index contributed by atoms with van der Waals surface area (Å²) in [6, 6.07) is 7.91. The molecule has 108 valence electrons. The standard InChI is InChI=1S/C15H13N7/c16-15-17-4-3-13(22-15)21-11-2-1-9-6-18-14(12(9)5-11)10-7-19-20-8-10/h1-5,7-8H,6H2,(H,19,20)(H3,16,17,21,22). The van der Waals surface area contributed by atoms with Gasteiger partial charge < -0.3 is 11.1 Å². The number of nitrogens with zero attached hydrogens (tertiary/aromatic N) is 4. The summed E-state index contributed by atoms with van der Waals surface area (Å²) in [5.74, 6) is 0.902. The summed E-state index contributed by atoms with van der Waals surface area (Å²) in [5.41, 5.74) is 10.8. The summed E-state index contributed by atoms with van der Waals surface area (Å²) in [5, 5.41) is 10.0. The second-order valence-electron chi connectivity index (χ2n) is 4.95. The molecule has 0 amide bonds. The Kier molecular flexibility index (Phi) is 2.82. The van der Waals surface area contributed by atoms with E-state index in [-0.39, 0.29) is 5.95 Å². The summed E-state index contributed by atoms with van der Waals surface area (Å²) in [6.45, 7) is 0.691. The smallest absolute Gasteiger partial charge is 0.221 e. The number of aromatic amines is 1. The van der Waals surface area contributed by atoms with Crippen LogP contribution in [0, 0.1) is 0 Å². The fourth-order valence-electron chi connectivity index (χ4n) is 2.48. The van der Waals surface area contributed by atoms with Gasteiger partial charge in [-0.15, -0.1) is 0 Å². The highest BCUT2D eigenvalue weighted by Crippen LogP contribution is 2.27. The van der Waals surface area contributed by atoms with Gasteiger partial charge in [-0.2, -0.15) is 10.1 Å². The van der Waals surface area contributed by atoms with E-state index in [4.69, 9.17) is 5.73 Å². The van der Waals surface area contributed by atoms with Crippen molar-refractivity contribution in [2.24, 2.45) is 4.99 Å². The molecule has 0 saturated carbocycles. The maximum absolute atomic E-state index is 5.60. The van der Waals surface area contributed by atoms with E-state index in [2.05, 4.69) is 42.6 Å². The number of aliphatic imine (C=N–C) groups is 1. The molecule has 0 aliphatic carbocycles. The van der Waals surface area contributed by atoms with Crippen molar-refractivity contribution in [3.05, 3.63) is 59.5 Å². The number of aromatic nitrogens is 4. The zero-order chi connectivity index (χ0) is 14.9. The van der Waals surface area contributed by atoms with E-state index in [1.54, 1.807) is 18.5 Å². The van der Waals surface area contributed by atoms with Gasteiger partial charge in [0, 0.05) is 29.2 Å². The van der Waals surface area contributed by atoms with Crippen LogP contribution >= 0.6 is 0 Å². The predicted molar refractivity (Wildman–Crippen MR) is 84.1 cm³/mol. The number of nitrogens with one attached hydrogen (secondary N) is 2. The van der Waals surface area contributed by atoms with Gasteiger partial charge in [0.15, 0.2) is 0 Å². The van der Waals surface area contributed by atoms with Crippen LogP contribution in [0.15, 0.2) is 47.8 Å². The van der Waals surface area contributed by atoms with Crippen molar-refractivity contribution in [3.8, 4) is 0 Å². The van der Waals surface area contributed by atoms with E-state index in [9.17, 15) is 0 Å². The van der Waals surface area contributed by atoms with Crippen LogP contribution in [0.3, 0.4) is 0 Å². The number of nitrogens with two attached hydrogens (primary N) is 1. The van der Waals surface area contributed by atoms with E-state index in [1.165, 1.54) is 5.56 Å². The van der Waals surface area contributed by atoms with Crippen molar-refractivity contribution >= 4 is 23.2 Å². The Bertz CT molecular complexity index is 852. The van der Waals surface area contributed by atoms with E-state index in [0.717, 1.165) is 22.5 Å². The summed E-state index contributed by atoms with van der Waals surface area (Å²) in [6.07, 6.45) is 5.24. The maximum Gasteiger partial charge on any atom is 0.221 e. The molecule has 22 heavy (non-hydrogen) atoms. The summed E-state index contributed by atoms with van der Waals surface area (Å²) in [4.78, 5) is 12.6. The van der Waals surface area contributed by atoms with Crippen molar-refractivity contribution in [1.82, 2.24) is 20.2 Å². The minimum atomic E-state index is 0.242. The lowest BCUT2D eigenvalue weighted by atomic mass is 10.0. The van der Waals surface area contributed by atoms with E-state index in [1.807, 2.05) is 12.3 Å². The molecule has 0 unspecified atom stereocenters. The van der Waals surface area contributed by atoms with Gasteiger partial charge in [0.1, 0.15) is 5.82 Å². The maximum atomic E-state index is 5.60. The monoisotopic (exact) mass is 291 g/mol. The summed E-state index contributed by atoms with van der Waals surface area (Å²) < 4.78 is 0. The van der Waals surface area contributed by atoms with Gasteiger partial charge in [-0.1, -0.05) is 6.07 Å². The molecule has 0 spiro atoms. The quantitative estimate of drug-likeness (QED) is 0.683. The van der Waals surface area contributed by atoms with Crippen molar-refractivity contribution in [2.45, 2.75) is 6.54 Å². The second-order valence-corrected chi connectivity index (χ2v) is 4.95. The van der Waals surface area contributed by atoms with Crippen LogP contribution in [0.2, 0.25) is 0 Å². The van der Waals surface area contributed by atoms with Gasteiger partial charge in [0.25, 0.3) is 0 Å². The van der Waals surface area contributed by atoms with Crippen molar-refractivity contribution in [1.29, 1.82) is 0 Å². The Balaban J connectivity index is 1.67. The Morgan fingerprint density at radius 3 is 3.00 bits per heavy atom. The Morgan fingerprint density at radius 1 is 1.23 bits per heavy atom. The molecular formula is C15H13N7. The first-order valence-electron chi connectivity index (χ1n) is 6.82. The van der Waals surface area contributed by atoms with E-state index < -0.39 is 0 Å². The first-order valence-corrected chi connectivity index (χ1v) is 6.82. The first-order chi connectivity index (χ1) is 10.8. The van der Waals surface area contributed by atoms with Crippen molar-refractivity contribution in [3.63, 3.8) is 0 Å². The molecule has 1 aliphatic heterocycles. The van der Waals surface area contributed by atoms with Gasteiger partial charge in [0.2, 0.25) is 5.95 Å². The largest absolute Gasteiger partial charge is 0.368 e. The fourth-order valence-corrected chi connectivity index (χ4v) is 2.48. The molecular weight excluding hydrogens is 278 g/mol. The zero-order valence-corrected chi connectivity index (χ0v) is 11.6. The number of nitrogen functional groups attached to an aromatic ring is 1. The van der Waals surface area contributed by atoms with Crippen LogP contribution in [0.1, 0.15) is 16.7 Å². The normalized spacial score (nSPS) is 12.8. The van der Waals surface area contributed by atoms with Crippen LogP contribution < -0.4 is 11.1 Å². The van der Waals surface area contributed by atoms with Crippen LogP contribution in [0.5, 0.6) is 0 Å². The SMILES string of the molecule is Nc1nccc(Nc2ccc3c(c2)C(c2cn[nH]c2)=NC3)n1. The second kappa shape index (κ2) is 4.96. The molecule has 0 atom stereocenters. The molecule has 3 aromatic rings. The third-order valence-corrected chi connectivity index (χ3v) is 3.49. The number of rotatable bonds is 3. The first kappa shape index (κ1) is 12.5. The zero-order valence-electron chi connectivity index (χ0n) is 11.6. The lowest BCUT2D eigenvalue weighted by molar-refractivity contribution is 1.09. The van der Waals surface area contributed by atoms with Gasteiger partial charge >= 0.3 is 0 Å². The lowest BCUT2D eigenvalue weighted by Crippen LogP contribution is -2.02. The van der Waals surface area contributed by atoms with Crippen LogP contribution in [0.4, 0.5) is 17.5 Å². The highest BCUT2D eigenvalue weighted by atomic mass is 15.1. The molecule has 0 fully saturated rings. The average molecular weight is 291 g/mol. The molecule has 4 N–H and O–H groups in total. The number of anilines is 3. The topological polar surface area (TPSA) is 105 Å². The highest BCUT2D eigenvalue weighted by Gasteiger charge is 2.18. The van der Waals surface area contributed by atoms with Crippen molar-refractivity contribution < 1.29 is 0 Å². The molecule has 2 aromatic heterocycles. The van der Waals surface area contributed by atoms with Gasteiger partial charge in [-0.3, -0.25) is 10.1 Å². The molecule has 0 radical (unpaired) electrons. The van der Waals surface area contributed by atoms with Gasteiger partial charge in [-0.05, 0) is 23.8 Å². The molecule has 7 heteroatoms. The Hall–Kier alpha value is -3.22.